The molecule has 0 fully saturated rings. The molecule has 0 aromatic heterocycles. The van der Waals surface area contributed by atoms with Crippen LogP contribution in [-0.4, -0.2) is 33.2 Å². The number of phenolic OH excluding ortho intramolecular Hbond substituents is 1. The van der Waals surface area contributed by atoms with E-state index >= 15 is 0 Å². The van der Waals surface area contributed by atoms with Crippen LogP contribution in [0.5, 0.6) is 23.0 Å². The van der Waals surface area contributed by atoms with Crippen molar-refractivity contribution in [3.63, 3.8) is 0 Å². The Kier molecular flexibility index (Phi) is 9.00. The van der Waals surface area contributed by atoms with E-state index in [1.54, 1.807) is 19.1 Å². The number of nitrogens with zero attached hydrogens (tertiary/aromatic N) is 1. The molecule has 3 atom stereocenters. The Hall–Kier alpha value is -0.870. The minimum absolute atomic E-state index is 0.0479. The quantitative estimate of drug-likeness (QED) is 0.111. The summed E-state index contributed by atoms with van der Waals surface area (Å²) in [7, 11) is 1.36. The van der Waals surface area contributed by atoms with Crippen molar-refractivity contribution in [3.05, 3.63) is 52.6 Å². The van der Waals surface area contributed by atoms with Crippen LogP contribution in [0.3, 0.4) is 0 Å². The van der Waals surface area contributed by atoms with Crippen molar-refractivity contribution < 1.29 is 29.4 Å². The molecule has 30 heavy (non-hydrogen) atoms. The van der Waals surface area contributed by atoms with Gasteiger partial charge in [0.05, 0.1) is 20.2 Å². The predicted octanol–water partition coefficient (Wildman–Crippen LogP) is 6.02. The van der Waals surface area contributed by atoms with Crippen LogP contribution in [0.1, 0.15) is 28.8 Å². The Balaban J connectivity index is 2.51. The molecule has 8 nitrogen and oxygen atoms in total. The van der Waals surface area contributed by atoms with Gasteiger partial charge in [0, 0.05) is 4.92 Å². The second kappa shape index (κ2) is 10.6. The Bertz CT molecular complexity index is 966. The van der Waals surface area contributed by atoms with E-state index in [2.05, 4.69) is 31.9 Å². The second-order valence-electron chi connectivity index (χ2n) is 6.11. The van der Waals surface area contributed by atoms with Gasteiger partial charge in [-0.15, -0.1) is 0 Å². The number of aromatic hydroxyl groups is 1. The number of halogens is 4. The summed E-state index contributed by atoms with van der Waals surface area (Å²) in [6, 6.07) is 6.36. The summed E-state index contributed by atoms with van der Waals surface area (Å²) in [6.07, 6.45) is 0. The van der Waals surface area contributed by atoms with Crippen LogP contribution in [0.15, 0.2) is 24.3 Å². The average molecular weight is 771 g/mol. The van der Waals surface area contributed by atoms with Crippen molar-refractivity contribution in [3.8, 4) is 23.0 Å². The second-order valence-corrected chi connectivity index (χ2v) is 10.4. The maximum Gasteiger partial charge on any atom is 0.310 e. The number of carboxylic acid groups (broad SMARTS) is 1. The summed E-state index contributed by atoms with van der Waals surface area (Å²) in [5.41, 5.74) is 1.08. The highest BCUT2D eigenvalue weighted by Crippen LogP contribution is 2.45. The van der Waals surface area contributed by atoms with E-state index in [4.69, 9.17) is 9.47 Å². The molecule has 2 rings (SSSR count). The topological polar surface area (TPSA) is 119 Å². The molecular weight excluding hydrogens is 756 g/mol. The van der Waals surface area contributed by atoms with E-state index in [1.807, 2.05) is 45.2 Å². The van der Waals surface area contributed by atoms with E-state index in [1.165, 1.54) is 19.2 Å². The van der Waals surface area contributed by atoms with Gasteiger partial charge >= 0.3 is 5.97 Å². The number of hydrogen-bond donors (Lipinski definition) is 2. The van der Waals surface area contributed by atoms with Gasteiger partial charge in [0.25, 0.3) is 4.95 Å². The fourth-order valence-electron chi connectivity index (χ4n) is 2.44. The Morgan fingerprint density at radius 3 is 2.13 bits per heavy atom. The molecule has 0 spiro atoms. The molecule has 0 radical (unpaired) electrons. The van der Waals surface area contributed by atoms with Crippen LogP contribution in [0.25, 0.3) is 0 Å². The SMILES string of the molecule is COc1cc(C(Br)C(Br)[N+](=O)[O-])cc(Oc2c(I)cc(C(C)C(=O)O)cc2I)c1O. The number of carbonyl (C=O) groups is 1. The Morgan fingerprint density at radius 2 is 1.67 bits per heavy atom. The molecule has 0 heterocycles. The molecule has 0 saturated heterocycles. The number of hydrogen-bond acceptors (Lipinski definition) is 6. The van der Waals surface area contributed by atoms with Crippen LogP contribution in [0, 0.1) is 17.3 Å². The van der Waals surface area contributed by atoms with Crippen molar-refractivity contribution >= 4 is 83.0 Å². The highest BCUT2D eigenvalue weighted by molar-refractivity contribution is 14.1. The van der Waals surface area contributed by atoms with E-state index in [0.29, 0.717) is 24.0 Å². The number of nitro groups is 1. The van der Waals surface area contributed by atoms with Crippen LogP contribution >= 0.6 is 77.0 Å². The minimum Gasteiger partial charge on any atom is -0.502 e. The zero-order chi connectivity index (χ0) is 22.7. The number of rotatable bonds is 8. The minimum atomic E-state index is -1.11. The third kappa shape index (κ3) is 5.68. The number of alkyl halides is 2. The van der Waals surface area contributed by atoms with E-state index in [0.717, 1.165) is 0 Å². The average Bonchev–Trinajstić information content (AvgIpc) is 2.69. The van der Waals surface area contributed by atoms with Gasteiger partial charge in [-0.3, -0.25) is 14.9 Å². The molecule has 0 amide bonds. The summed E-state index contributed by atoms with van der Waals surface area (Å²) in [5, 5.41) is 30.9. The molecule has 0 bridgehead atoms. The summed E-state index contributed by atoms with van der Waals surface area (Å²) < 4.78 is 12.4. The summed E-state index contributed by atoms with van der Waals surface area (Å²) in [6.45, 7) is 1.59. The number of carboxylic acids is 1. The Morgan fingerprint density at radius 1 is 1.13 bits per heavy atom. The lowest BCUT2D eigenvalue weighted by molar-refractivity contribution is -0.492. The van der Waals surface area contributed by atoms with Crippen LogP contribution in [0.2, 0.25) is 0 Å². The summed E-state index contributed by atoms with van der Waals surface area (Å²) in [5.74, 6) is -1.33. The standard InChI is InChI=1S/C18H15Br2I2NO7/c1-7(18(25)26)8-3-10(21)16(11(22)4-8)30-13-6-9(5-12(29-2)15(13)24)14(19)17(20)23(27)28/h3-7,14,17,24H,1-2H3,(H,25,26). The lowest BCUT2D eigenvalue weighted by Crippen LogP contribution is -2.17. The molecule has 3 unspecified atom stereocenters. The van der Waals surface area contributed by atoms with Gasteiger partial charge in [-0.25, -0.2) is 0 Å². The Labute approximate surface area is 216 Å². The third-order valence-electron chi connectivity index (χ3n) is 4.15. The predicted molar refractivity (Wildman–Crippen MR) is 134 cm³/mol. The first kappa shape index (κ1) is 25.4. The van der Waals surface area contributed by atoms with E-state index < -0.39 is 26.6 Å². The summed E-state index contributed by atoms with van der Waals surface area (Å²) in [4.78, 5) is 20.1. The summed E-state index contributed by atoms with van der Waals surface area (Å²) >= 11 is 10.4. The number of methoxy groups -OCH3 is 1. The highest BCUT2D eigenvalue weighted by Gasteiger charge is 2.30. The van der Waals surface area contributed by atoms with Crippen molar-refractivity contribution in [2.45, 2.75) is 22.6 Å². The molecular formula is C18H15Br2I2NO7. The van der Waals surface area contributed by atoms with Crippen molar-refractivity contribution in [1.82, 2.24) is 0 Å². The molecule has 2 aromatic carbocycles. The number of benzene rings is 2. The first-order chi connectivity index (χ1) is 14.0. The van der Waals surface area contributed by atoms with Gasteiger partial charge in [-0.1, -0.05) is 15.9 Å². The molecule has 0 aliphatic heterocycles. The van der Waals surface area contributed by atoms with E-state index in [9.17, 15) is 25.1 Å². The van der Waals surface area contributed by atoms with Gasteiger partial charge in [-0.2, -0.15) is 0 Å². The van der Waals surface area contributed by atoms with Crippen LogP contribution in [-0.2, 0) is 4.79 Å². The zero-order valence-electron chi connectivity index (χ0n) is 15.4. The maximum absolute atomic E-state index is 11.3. The molecule has 2 aromatic rings. The van der Waals surface area contributed by atoms with Crippen LogP contribution < -0.4 is 9.47 Å². The number of ether oxygens (including phenoxy) is 2. The lowest BCUT2D eigenvalue weighted by atomic mass is 10.0. The van der Waals surface area contributed by atoms with E-state index in [-0.39, 0.29) is 17.2 Å². The zero-order valence-corrected chi connectivity index (χ0v) is 22.9. The molecule has 2 N–H and O–H groups in total. The van der Waals surface area contributed by atoms with Crippen molar-refractivity contribution in [1.29, 1.82) is 0 Å². The fraction of sp³-hybridized carbons (Fsp3) is 0.278. The van der Waals surface area contributed by atoms with Crippen molar-refractivity contribution in [2.75, 3.05) is 7.11 Å². The van der Waals surface area contributed by atoms with Crippen molar-refractivity contribution in [2.24, 2.45) is 0 Å². The van der Waals surface area contributed by atoms with Gasteiger partial charge in [-0.05, 0) is 103 Å². The van der Waals surface area contributed by atoms with Gasteiger partial charge in [0.15, 0.2) is 17.2 Å². The van der Waals surface area contributed by atoms with Gasteiger partial charge in [0.2, 0.25) is 5.75 Å². The molecule has 12 heteroatoms. The third-order valence-corrected chi connectivity index (χ3v) is 8.35. The molecule has 162 valence electrons. The smallest absolute Gasteiger partial charge is 0.310 e. The fourth-order valence-corrected chi connectivity index (χ4v) is 5.24. The molecule has 0 aliphatic rings. The first-order valence-electron chi connectivity index (χ1n) is 8.20. The highest BCUT2D eigenvalue weighted by atomic mass is 127. The largest absolute Gasteiger partial charge is 0.502 e. The van der Waals surface area contributed by atoms with Crippen LogP contribution in [0.4, 0.5) is 0 Å². The first-order valence-corrected chi connectivity index (χ1v) is 12.2. The monoisotopic (exact) mass is 769 g/mol. The van der Waals surface area contributed by atoms with Gasteiger partial charge < -0.3 is 19.7 Å². The maximum atomic E-state index is 11.3. The van der Waals surface area contributed by atoms with Gasteiger partial charge in [0.1, 0.15) is 4.83 Å². The lowest BCUT2D eigenvalue weighted by Gasteiger charge is -2.18. The normalized spacial score (nSPS) is 13.9. The molecule has 0 saturated carbocycles. The molecule has 0 aliphatic carbocycles. The number of aliphatic carboxylic acids is 1. The number of phenols is 1.